The van der Waals surface area contributed by atoms with Crippen LogP contribution in [0.2, 0.25) is 0 Å². The fourth-order valence-corrected chi connectivity index (χ4v) is 5.49. The van der Waals surface area contributed by atoms with Gasteiger partial charge in [0.1, 0.15) is 4.21 Å². The molecule has 0 bridgehead atoms. The van der Waals surface area contributed by atoms with E-state index in [-0.39, 0.29) is 6.04 Å². The smallest absolute Gasteiger partial charge is 0.252 e. The molecule has 2 N–H and O–H groups in total. The van der Waals surface area contributed by atoms with E-state index in [1.165, 1.54) is 17.8 Å². The summed E-state index contributed by atoms with van der Waals surface area (Å²) in [4.78, 5) is 0.906. The number of nitrogens with two attached hydrogens (primary N) is 1. The minimum atomic E-state index is -3.36. The van der Waals surface area contributed by atoms with Gasteiger partial charge in [-0.2, -0.15) is 4.31 Å². The largest absolute Gasteiger partial charge is 0.326 e. The lowest BCUT2D eigenvalue weighted by atomic mass is 9.87. The molecule has 0 amide bonds. The molecule has 0 saturated heterocycles. The molecule has 108 valence electrons. The quantitative estimate of drug-likeness (QED) is 0.929. The lowest BCUT2D eigenvalue weighted by molar-refractivity contribution is 0.239. The SMILES string of the molecule is CC1CCCC(N(C)S(=O)(=O)c2ccc(CN)s2)C1. The van der Waals surface area contributed by atoms with Gasteiger partial charge in [-0.05, 0) is 30.9 Å². The van der Waals surface area contributed by atoms with Crippen molar-refractivity contribution >= 4 is 21.4 Å². The van der Waals surface area contributed by atoms with Crippen LogP contribution in [0.25, 0.3) is 0 Å². The molecule has 1 aromatic heterocycles. The summed E-state index contributed by atoms with van der Waals surface area (Å²) in [5.41, 5.74) is 5.55. The van der Waals surface area contributed by atoms with Crippen molar-refractivity contribution in [2.75, 3.05) is 7.05 Å². The zero-order valence-corrected chi connectivity index (χ0v) is 13.1. The van der Waals surface area contributed by atoms with Crippen LogP contribution in [0.5, 0.6) is 0 Å². The maximum atomic E-state index is 12.6. The summed E-state index contributed by atoms with van der Waals surface area (Å²) in [6, 6.07) is 3.61. The van der Waals surface area contributed by atoms with E-state index in [0.29, 0.717) is 16.7 Å². The minimum Gasteiger partial charge on any atom is -0.326 e. The van der Waals surface area contributed by atoms with Crippen molar-refractivity contribution in [2.24, 2.45) is 11.7 Å². The number of hydrogen-bond donors (Lipinski definition) is 1. The topological polar surface area (TPSA) is 63.4 Å². The van der Waals surface area contributed by atoms with Crippen molar-refractivity contribution < 1.29 is 8.42 Å². The van der Waals surface area contributed by atoms with Crippen LogP contribution in [0.4, 0.5) is 0 Å². The Morgan fingerprint density at radius 3 is 2.74 bits per heavy atom. The van der Waals surface area contributed by atoms with E-state index in [9.17, 15) is 8.42 Å². The molecule has 6 heteroatoms. The Balaban J connectivity index is 2.18. The first-order valence-electron chi connectivity index (χ1n) is 6.72. The van der Waals surface area contributed by atoms with Crippen molar-refractivity contribution in [3.63, 3.8) is 0 Å². The van der Waals surface area contributed by atoms with Crippen molar-refractivity contribution in [3.8, 4) is 0 Å². The van der Waals surface area contributed by atoms with Crippen LogP contribution >= 0.6 is 11.3 Å². The molecule has 2 atom stereocenters. The fraction of sp³-hybridized carbons (Fsp3) is 0.692. The molecule has 19 heavy (non-hydrogen) atoms. The lowest BCUT2D eigenvalue weighted by Crippen LogP contribution is -2.39. The van der Waals surface area contributed by atoms with Crippen molar-refractivity contribution in [3.05, 3.63) is 17.0 Å². The molecule has 4 nitrogen and oxygen atoms in total. The van der Waals surface area contributed by atoms with Gasteiger partial charge in [0.05, 0.1) is 0 Å². The van der Waals surface area contributed by atoms with Crippen LogP contribution in [0.1, 0.15) is 37.5 Å². The van der Waals surface area contributed by atoms with Crippen LogP contribution in [0.3, 0.4) is 0 Å². The maximum Gasteiger partial charge on any atom is 0.252 e. The highest BCUT2D eigenvalue weighted by Crippen LogP contribution is 2.31. The highest BCUT2D eigenvalue weighted by atomic mass is 32.2. The average Bonchev–Trinajstić information content (AvgIpc) is 2.87. The molecule has 1 aromatic rings. The van der Waals surface area contributed by atoms with Gasteiger partial charge in [-0.25, -0.2) is 8.42 Å². The third-order valence-electron chi connectivity index (χ3n) is 3.89. The number of thiophene rings is 1. The Morgan fingerprint density at radius 2 is 2.16 bits per heavy atom. The summed E-state index contributed by atoms with van der Waals surface area (Å²) in [6.45, 7) is 2.59. The number of sulfonamides is 1. The lowest BCUT2D eigenvalue weighted by Gasteiger charge is -2.33. The predicted molar refractivity (Wildman–Crippen MR) is 78.6 cm³/mol. The number of rotatable bonds is 4. The molecule has 2 rings (SSSR count). The van der Waals surface area contributed by atoms with Crippen LogP contribution in [-0.4, -0.2) is 25.8 Å². The predicted octanol–water partition coefficient (Wildman–Crippen LogP) is 2.41. The molecule has 1 aliphatic rings. The van der Waals surface area contributed by atoms with Crippen LogP contribution in [-0.2, 0) is 16.6 Å². The standard InChI is InChI=1S/C13H22N2O2S2/c1-10-4-3-5-11(8-10)15(2)19(16,17)13-7-6-12(9-14)18-13/h6-7,10-11H,3-5,8-9,14H2,1-2H3. The number of hydrogen-bond acceptors (Lipinski definition) is 4. The highest BCUT2D eigenvalue weighted by Gasteiger charge is 2.31. The van der Waals surface area contributed by atoms with Gasteiger partial charge in [-0.1, -0.05) is 19.8 Å². The van der Waals surface area contributed by atoms with Crippen LogP contribution < -0.4 is 5.73 Å². The summed E-state index contributed by atoms with van der Waals surface area (Å²) >= 11 is 1.28. The Morgan fingerprint density at radius 1 is 1.42 bits per heavy atom. The summed E-state index contributed by atoms with van der Waals surface area (Å²) in [7, 11) is -1.65. The number of nitrogens with zero attached hydrogens (tertiary/aromatic N) is 1. The fourth-order valence-electron chi connectivity index (χ4n) is 2.68. The van der Waals surface area contributed by atoms with Gasteiger partial charge in [0, 0.05) is 24.5 Å². The molecule has 0 radical (unpaired) electrons. The van der Waals surface area contributed by atoms with Gasteiger partial charge in [-0.3, -0.25) is 0 Å². The van der Waals surface area contributed by atoms with Gasteiger partial charge < -0.3 is 5.73 Å². The summed E-state index contributed by atoms with van der Waals surface area (Å²) in [5, 5.41) is 0. The van der Waals surface area contributed by atoms with Gasteiger partial charge in [-0.15, -0.1) is 11.3 Å². The molecule has 0 aliphatic heterocycles. The van der Waals surface area contributed by atoms with Gasteiger partial charge in [0.15, 0.2) is 0 Å². The van der Waals surface area contributed by atoms with Gasteiger partial charge in [0.2, 0.25) is 0 Å². The van der Waals surface area contributed by atoms with Crippen molar-refractivity contribution in [1.82, 2.24) is 4.31 Å². The second kappa shape index (κ2) is 5.91. The van der Waals surface area contributed by atoms with E-state index in [2.05, 4.69) is 6.92 Å². The summed E-state index contributed by atoms with van der Waals surface area (Å²) in [6.07, 6.45) is 4.25. The van der Waals surface area contributed by atoms with E-state index < -0.39 is 10.0 Å². The summed E-state index contributed by atoms with van der Waals surface area (Å²) in [5.74, 6) is 0.610. The highest BCUT2D eigenvalue weighted by molar-refractivity contribution is 7.91. The Bertz CT molecular complexity index is 525. The zero-order valence-electron chi connectivity index (χ0n) is 11.5. The first-order valence-corrected chi connectivity index (χ1v) is 8.97. The normalized spacial score (nSPS) is 24.8. The summed E-state index contributed by atoms with van der Waals surface area (Å²) < 4.78 is 27.1. The van der Waals surface area contributed by atoms with Crippen LogP contribution in [0, 0.1) is 5.92 Å². The third-order valence-corrected chi connectivity index (χ3v) is 7.38. The molecular formula is C13H22N2O2S2. The molecule has 1 fully saturated rings. The second-order valence-corrected chi connectivity index (χ2v) is 8.76. The molecular weight excluding hydrogens is 280 g/mol. The molecule has 0 spiro atoms. The van der Waals surface area contributed by atoms with E-state index in [1.807, 2.05) is 0 Å². The zero-order chi connectivity index (χ0) is 14.0. The van der Waals surface area contributed by atoms with E-state index in [1.54, 1.807) is 23.5 Å². The maximum absolute atomic E-state index is 12.6. The molecule has 1 saturated carbocycles. The van der Waals surface area contributed by atoms with E-state index in [4.69, 9.17) is 5.73 Å². The Hall–Kier alpha value is -0.430. The monoisotopic (exact) mass is 302 g/mol. The first-order chi connectivity index (χ1) is 8.95. The van der Waals surface area contributed by atoms with Crippen molar-refractivity contribution in [2.45, 2.75) is 49.4 Å². The molecule has 1 aliphatic carbocycles. The van der Waals surface area contributed by atoms with Crippen molar-refractivity contribution in [1.29, 1.82) is 0 Å². The van der Waals surface area contributed by atoms with Gasteiger partial charge >= 0.3 is 0 Å². The third kappa shape index (κ3) is 3.18. The minimum absolute atomic E-state index is 0.136. The molecule has 2 unspecified atom stereocenters. The van der Waals surface area contributed by atoms with E-state index >= 15 is 0 Å². The second-order valence-electron chi connectivity index (χ2n) is 5.37. The average molecular weight is 302 g/mol. The Kier molecular flexibility index (Phi) is 4.66. The van der Waals surface area contributed by atoms with E-state index in [0.717, 1.165) is 24.1 Å². The molecule has 0 aromatic carbocycles. The molecule has 1 heterocycles. The first kappa shape index (κ1) is 15.0. The van der Waals surface area contributed by atoms with Crippen LogP contribution in [0.15, 0.2) is 16.3 Å². The van der Waals surface area contributed by atoms with Gasteiger partial charge in [0.25, 0.3) is 10.0 Å². The Labute approximate surface area is 119 Å².